The van der Waals surface area contributed by atoms with E-state index in [1.165, 1.54) is 23.2 Å². The molecule has 5 rings (SSSR count). The molecule has 2 aliphatic rings. The molecule has 2 aromatic carbocycles. The Labute approximate surface area is 206 Å². The van der Waals surface area contributed by atoms with Crippen LogP contribution in [0.1, 0.15) is 59.8 Å². The summed E-state index contributed by atoms with van der Waals surface area (Å²) >= 11 is 0.920. The number of ether oxygens (including phenoxy) is 2. The molecule has 1 aromatic heterocycles. The summed E-state index contributed by atoms with van der Waals surface area (Å²) in [5, 5.41) is 3.14. The number of halogens is 1. The van der Waals surface area contributed by atoms with Gasteiger partial charge in [0.1, 0.15) is 11.9 Å². The van der Waals surface area contributed by atoms with Crippen molar-refractivity contribution < 1.29 is 23.5 Å². The molecule has 0 spiro atoms. The number of nitrogens with one attached hydrogen (secondary N) is 1. The van der Waals surface area contributed by atoms with Gasteiger partial charge in [-0.05, 0) is 48.2 Å². The third-order valence-corrected chi connectivity index (χ3v) is 6.81. The fourth-order valence-electron chi connectivity index (χ4n) is 4.57. The van der Waals surface area contributed by atoms with E-state index in [2.05, 4.69) is 14.1 Å². The predicted octanol–water partition coefficient (Wildman–Crippen LogP) is 4.24. The summed E-state index contributed by atoms with van der Waals surface area (Å²) in [4.78, 5) is 28.8. The lowest BCUT2D eigenvalue weighted by Crippen LogP contribution is -2.47. The topological polar surface area (TPSA) is 93.7 Å². The van der Waals surface area contributed by atoms with E-state index >= 15 is 0 Å². The molecule has 1 saturated carbocycles. The molecule has 0 unspecified atom stereocenters. The highest BCUT2D eigenvalue weighted by molar-refractivity contribution is 6.99. The lowest BCUT2D eigenvalue weighted by atomic mass is 9.94. The second kappa shape index (κ2) is 10.4. The summed E-state index contributed by atoms with van der Waals surface area (Å²) < 4.78 is 32.7. The second-order valence-electron chi connectivity index (χ2n) is 8.71. The van der Waals surface area contributed by atoms with Gasteiger partial charge >= 0.3 is 0 Å². The molecule has 10 heteroatoms. The van der Waals surface area contributed by atoms with Gasteiger partial charge in [0, 0.05) is 12.6 Å². The van der Waals surface area contributed by atoms with Crippen molar-refractivity contribution in [3.63, 3.8) is 0 Å². The number of benzene rings is 2. The monoisotopic (exact) mass is 496 g/mol. The molecule has 2 amide bonds. The maximum Gasteiger partial charge on any atom is 0.276 e. The number of hydrogen-bond acceptors (Lipinski definition) is 7. The first-order chi connectivity index (χ1) is 17.1. The molecular weight excluding hydrogens is 471 g/mol. The van der Waals surface area contributed by atoms with Gasteiger partial charge in [0.15, 0.2) is 17.2 Å². The van der Waals surface area contributed by atoms with Crippen LogP contribution in [0, 0.1) is 5.82 Å². The van der Waals surface area contributed by atoms with Gasteiger partial charge in [-0.15, -0.1) is 0 Å². The van der Waals surface area contributed by atoms with E-state index in [0.29, 0.717) is 17.1 Å². The third kappa shape index (κ3) is 5.27. The molecule has 3 aromatic rings. The highest BCUT2D eigenvalue weighted by Crippen LogP contribution is 2.34. The number of carbonyl (C=O) groups excluding carboxylic acids is 2. The Kier molecular flexibility index (Phi) is 6.89. The quantitative estimate of drug-likeness (QED) is 0.526. The van der Waals surface area contributed by atoms with Gasteiger partial charge in [0.2, 0.25) is 12.7 Å². The zero-order valence-corrected chi connectivity index (χ0v) is 19.8. The molecule has 0 radical (unpaired) electrons. The minimum Gasteiger partial charge on any atom is -0.454 e. The van der Waals surface area contributed by atoms with E-state index in [-0.39, 0.29) is 31.0 Å². The van der Waals surface area contributed by atoms with Gasteiger partial charge in [-0.2, -0.15) is 8.75 Å². The normalized spacial score (nSPS) is 16.0. The Hall–Kier alpha value is -3.53. The van der Waals surface area contributed by atoms with E-state index in [1.54, 1.807) is 24.3 Å². The standard InChI is InChI=1S/C25H25FN4O4S/c26-18-9-7-17(8-10-18)23(24(31)28-19-4-2-1-3-5-19)30(25(32)20-13-27-35-29-20)14-16-6-11-21-22(12-16)34-15-33-21/h6-13,19,23H,1-5,14-15H2,(H,28,31)/t23-/m0/s1. The van der Waals surface area contributed by atoms with Crippen LogP contribution in [0.2, 0.25) is 0 Å². The lowest BCUT2D eigenvalue weighted by Gasteiger charge is -2.33. The average molecular weight is 497 g/mol. The van der Waals surface area contributed by atoms with Crippen molar-refractivity contribution >= 4 is 23.5 Å². The van der Waals surface area contributed by atoms with Crippen LogP contribution in [0.5, 0.6) is 11.5 Å². The number of carbonyl (C=O) groups is 2. The molecule has 8 nitrogen and oxygen atoms in total. The summed E-state index contributed by atoms with van der Waals surface area (Å²) in [5.41, 5.74) is 1.41. The van der Waals surface area contributed by atoms with Crippen molar-refractivity contribution in [1.82, 2.24) is 19.0 Å². The average Bonchev–Trinajstić information content (AvgIpc) is 3.57. The Morgan fingerprint density at radius 2 is 1.86 bits per heavy atom. The second-order valence-corrected chi connectivity index (χ2v) is 9.27. The molecule has 35 heavy (non-hydrogen) atoms. The summed E-state index contributed by atoms with van der Waals surface area (Å²) in [6, 6.07) is 10.1. The van der Waals surface area contributed by atoms with Gasteiger partial charge in [-0.3, -0.25) is 9.59 Å². The van der Waals surface area contributed by atoms with Crippen LogP contribution in [0.15, 0.2) is 48.7 Å². The maximum absolute atomic E-state index is 13.8. The minimum atomic E-state index is -0.989. The molecule has 1 fully saturated rings. The maximum atomic E-state index is 13.8. The minimum absolute atomic E-state index is 0.0441. The largest absolute Gasteiger partial charge is 0.454 e. The summed E-state index contributed by atoms with van der Waals surface area (Å²) in [6.45, 7) is 0.237. The molecule has 1 aliphatic heterocycles. The van der Waals surface area contributed by atoms with Gasteiger partial charge in [-0.1, -0.05) is 37.5 Å². The van der Waals surface area contributed by atoms with Crippen molar-refractivity contribution in [3.05, 3.63) is 71.3 Å². The summed E-state index contributed by atoms with van der Waals surface area (Å²) in [7, 11) is 0. The summed E-state index contributed by atoms with van der Waals surface area (Å²) in [5.74, 6) is 0.0403. The fraction of sp³-hybridized carbons (Fsp3) is 0.360. The highest BCUT2D eigenvalue weighted by Gasteiger charge is 2.34. The Morgan fingerprint density at radius 1 is 1.09 bits per heavy atom. The highest BCUT2D eigenvalue weighted by atomic mass is 32.1. The number of hydrogen-bond donors (Lipinski definition) is 1. The van der Waals surface area contributed by atoms with Crippen molar-refractivity contribution in [2.45, 2.75) is 50.7 Å². The van der Waals surface area contributed by atoms with Crippen LogP contribution in [-0.4, -0.2) is 38.3 Å². The van der Waals surface area contributed by atoms with Crippen molar-refractivity contribution in [2.24, 2.45) is 0 Å². The van der Waals surface area contributed by atoms with Crippen LogP contribution in [0.4, 0.5) is 4.39 Å². The van der Waals surface area contributed by atoms with Crippen LogP contribution >= 0.6 is 11.7 Å². The molecule has 2 heterocycles. The van der Waals surface area contributed by atoms with Crippen molar-refractivity contribution in [3.8, 4) is 11.5 Å². The molecule has 0 saturated heterocycles. The van der Waals surface area contributed by atoms with Gasteiger partial charge < -0.3 is 19.7 Å². The number of rotatable bonds is 7. The van der Waals surface area contributed by atoms with Gasteiger partial charge in [0.05, 0.1) is 17.9 Å². The Morgan fingerprint density at radius 3 is 2.60 bits per heavy atom. The van der Waals surface area contributed by atoms with E-state index < -0.39 is 17.8 Å². The van der Waals surface area contributed by atoms with Gasteiger partial charge in [-0.25, -0.2) is 4.39 Å². The van der Waals surface area contributed by atoms with Crippen molar-refractivity contribution in [2.75, 3.05) is 6.79 Å². The van der Waals surface area contributed by atoms with E-state index in [1.807, 2.05) is 6.07 Å². The van der Waals surface area contributed by atoms with Gasteiger partial charge in [0.25, 0.3) is 5.91 Å². The smallest absolute Gasteiger partial charge is 0.276 e. The Balaban J connectivity index is 1.51. The number of nitrogens with zero attached hydrogens (tertiary/aromatic N) is 3. The lowest BCUT2D eigenvalue weighted by molar-refractivity contribution is -0.127. The third-order valence-electron chi connectivity index (χ3n) is 6.33. The van der Waals surface area contributed by atoms with Crippen LogP contribution in [-0.2, 0) is 11.3 Å². The van der Waals surface area contributed by atoms with Crippen LogP contribution < -0.4 is 14.8 Å². The van der Waals surface area contributed by atoms with E-state index in [4.69, 9.17) is 9.47 Å². The first-order valence-electron chi connectivity index (χ1n) is 11.6. The molecular formula is C25H25FN4O4S. The first-order valence-corrected chi connectivity index (χ1v) is 12.3. The summed E-state index contributed by atoms with van der Waals surface area (Å²) in [6.07, 6.45) is 6.44. The van der Waals surface area contributed by atoms with E-state index in [0.717, 1.165) is 49.4 Å². The Bertz CT molecular complexity index is 1180. The molecule has 1 atom stereocenters. The number of amides is 2. The zero-order valence-electron chi connectivity index (χ0n) is 19.0. The molecule has 1 N–H and O–H groups in total. The molecule has 0 bridgehead atoms. The number of fused-ring (bicyclic) bond motifs is 1. The molecule has 182 valence electrons. The van der Waals surface area contributed by atoms with Crippen molar-refractivity contribution in [1.29, 1.82) is 0 Å². The number of aromatic nitrogens is 2. The van der Waals surface area contributed by atoms with Crippen LogP contribution in [0.3, 0.4) is 0 Å². The SMILES string of the molecule is O=C(NC1CCCCC1)[C@H](c1ccc(F)cc1)N(Cc1ccc2c(c1)OCO2)C(=O)c1cnsn1. The predicted molar refractivity (Wildman–Crippen MR) is 127 cm³/mol. The first kappa shape index (κ1) is 23.2. The van der Waals surface area contributed by atoms with Crippen LogP contribution in [0.25, 0.3) is 0 Å². The van der Waals surface area contributed by atoms with E-state index in [9.17, 15) is 14.0 Å². The fourth-order valence-corrected chi connectivity index (χ4v) is 4.97. The molecule has 1 aliphatic carbocycles. The zero-order chi connectivity index (χ0) is 24.2.